The lowest BCUT2D eigenvalue weighted by Crippen LogP contribution is -2.44. The molecular weight excluding hydrogens is 319 g/mol. The summed E-state index contributed by atoms with van der Waals surface area (Å²) in [5.41, 5.74) is -0.318. The van der Waals surface area contributed by atoms with E-state index >= 15 is 0 Å². The minimum Gasteiger partial charge on any atom is -0.487 e. The molecule has 0 aliphatic carbocycles. The highest BCUT2D eigenvalue weighted by atomic mass is 19.1. The van der Waals surface area contributed by atoms with E-state index in [2.05, 4.69) is 10.1 Å². The van der Waals surface area contributed by atoms with E-state index in [0.29, 0.717) is 18.6 Å². The van der Waals surface area contributed by atoms with Gasteiger partial charge in [-0.25, -0.2) is 4.39 Å². The Hall–Kier alpha value is -2.22. The van der Waals surface area contributed by atoms with Gasteiger partial charge in [-0.1, -0.05) is 0 Å². The molecule has 0 saturated carbocycles. The van der Waals surface area contributed by atoms with Gasteiger partial charge in [-0.2, -0.15) is 0 Å². The maximum absolute atomic E-state index is 13.4. The van der Waals surface area contributed by atoms with Gasteiger partial charge < -0.3 is 14.8 Å². The van der Waals surface area contributed by atoms with Crippen LogP contribution in [0.5, 0.6) is 5.75 Å². The van der Waals surface area contributed by atoms with Crippen LogP contribution < -0.4 is 10.1 Å². The minimum atomic E-state index is -1.04. The number of nitrogens with one attached hydrogen (secondary N) is 1. The number of benzene rings is 1. The quantitative estimate of drug-likeness (QED) is 0.514. The average Bonchev–Trinajstić information content (AvgIpc) is 2.49. The average molecular weight is 342 g/mol. The van der Waals surface area contributed by atoms with Crippen LogP contribution in [-0.4, -0.2) is 42.4 Å². The molecule has 1 aliphatic heterocycles. The first-order valence-corrected chi connectivity index (χ1v) is 7.60. The molecule has 0 spiro atoms. The van der Waals surface area contributed by atoms with Gasteiger partial charge in [0.05, 0.1) is 4.92 Å². The molecule has 1 aromatic rings. The monoisotopic (exact) mass is 342 g/mol. The summed E-state index contributed by atoms with van der Waals surface area (Å²) in [4.78, 5) is 19.6. The second kappa shape index (κ2) is 9.17. The number of nitro benzene ring substituents is 1. The highest BCUT2D eigenvalue weighted by molar-refractivity contribution is 5.38. The molecular formula is C16H23FN2O5. The number of hydrogen-bond acceptors (Lipinski definition) is 6. The SMILES string of the molecule is CC(C)(C)OC=O.O=[N+]([O-])c1ccc(OC2CCNCC2F)cc1. The summed E-state index contributed by atoms with van der Waals surface area (Å²) >= 11 is 0. The first kappa shape index (κ1) is 19.8. The number of nitrogens with zero attached hydrogens (tertiary/aromatic N) is 1. The lowest BCUT2D eigenvalue weighted by Gasteiger charge is -2.27. The molecule has 1 aromatic carbocycles. The minimum absolute atomic E-state index is 0.000501. The number of rotatable bonds is 4. The van der Waals surface area contributed by atoms with Crippen molar-refractivity contribution in [2.45, 2.75) is 45.1 Å². The smallest absolute Gasteiger partial charge is 0.293 e. The Balaban J connectivity index is 0.000000351. The fourth-order valence-corrected chi connectivity index (χ4v) is 1.89. The molecule has 0 aromatic heterocycles. The van der Waals surface area contributed by atoms with Crippen molar-refractivity contribution in [3.05, 3.63) is 34.4 Å². The third kappa shape index (κ3) is 7.36. The predicted molar refractivity (Wildman–Crippen MR) is 86.8 cm³/mol. The Bertz CT molecular complexity index is 530. The number of halogens is 1. The van der Waals surface area contributed by atoms with E-state index in [0.717, 1.165) is 6.54 Å². The molecule has 1 N–H and O–H groups in total. The molecule has 2 unspecified atom stereocenters. The van der Waals surface area contributed by atoms with Crippen LogP contribution in [-0.2, 0) is 9.53 Å². The van der Waals surface area contributed by atoms with Crippen molar-refractivity contribution >= 4 is 12.2 Å². The molecule has 0 bridgehead atoms. The summed E-state index contributed by atoms with van der Waals surface area (Å²) in [5.74, 6) is 0.463. The number of carbonyl (C=O) groups excluding carboxylic acids is 1. The van der Waals surface area contributed by atoms with E-state index < -0.39 is 17.2 Å². The van der Waals surface area contributed by atoms with Gasteiger partial charge in [0.1, 0.15) is 23.6 Å². The zero-order chi connectivity index (χ0) is 18.2. The van der Waals surface area contributed by atoms with Gasteiger partial charge in [0, 0.05) is 18.7 Å². The maximum Gasteiger partial charge on any atom is 0.293 e. The Morgan fingerprint density at radius 1 is 1.33 bits per heavy atom. The second-order valence-electron chi connectivity index (χ2n) is 6.24. The number of nitro groups is 1. The molecule has 7 nitrogen and oxygen atoms in total. The van der Waals surface area contributed by atoms with Crippen LogP contribution in [0.2, 0.25) is 0 Å². The number of piperidine rings is 1. The Labute approximate surface area is 140 Å². The number of ether oxygens (including phenoxy) is 2. The van der Waals surface area contributed by atoms with Crippen molar-refractivity contribution in [2.24, 2.45) is 0 Å². The number of non-ortho nitro benzene ring substituents is 1. The molecule has 2 atom stereocenters. The zero-order valence-corrected chi connectivity index (χ0v) is 14.0. The molecule has 134 valence electrons. The second-order valence-corrected chi connectivity index (χ2v) is 6.24. The van der Waals surface area contributed by atoms with Crippen LogP contribution in [0.15, 0.2) is 24.3 Å². The van der Waals surface area contributed by atoms with Crippen LogP contribution in [0, 0.1) is 10.1 Å². The first-order chi connectivity index (χ1) is 11.2. The number of alkyl halides is 1. The Morgan fingerprint density at radius 2 is 1.96 bits per heavy atom. The predicted octanol–water partition coefficient (Wildman–Crippen LogP) is 2.63. The van der Waals surface area contributed by atoms with E-state index in [4.69, 9.17) is 4.74 Å². The molecule has 0 radical (unpaired) electrons. The van der Waals surface area contributed by atoms with E-state index in [1.807, 2.05) is 20.8 Å². The van der Waals surface area contributed by atoms with Gasteiger partial charge in [0.15, 0.2) is 0 Å². The van der Waals surface area contributed by atoms with Gasteiger partial charge >= 0.3 is 0 Å². The largest absolute Gasteiger partial charge is 0.487 e. The molecule has 1 fully saturated rings. The van der Waals surface area contributed by atoms with Gasteiger partial charge in [-0.15, -0.1) is 0 Å². The van der Waals surface area contributed by atoms with Gasteiger partial charge in [-0.05, 0) is 45.9 Å². The summed E-state index contributed by atoms with van der Waals surface area (Å²) in [6, 6.07) is 5.69. The van der Waals surface area contributed by atoms with Crippen molar-refractivity contribution in [3.63, 3.8) is 0 Å². The zero-order valence-electron chi connectivity index (χ0n) is 14.0. The van der Waals surface area contributed by atoms with Crippen molar-refractivity contribution in [1.82, 2.24) is 5.32 Å². The van der Waals surface area contributed by atoms with E-state index in [1.165, 1.54) is 24.3 Å². The molecule has 1 saturated heterocycles. The van der Waals surface area contributed by atoms with Crippen molar-refractivity contribution in [1.29, 1.82) is 0 Å². The summed E-state index contributed by atoms with van der Waals surface area (Å²) in [6.07, 6.45) is -0.922. The summed E-state index contributed by atoms with van der Waals surface area (Å²) in [7, 11) is 0. The van der Waals surface area contributed by atoms with Crippen LogP contribution >= 0.6 is 0 Å². The van der Waals surface area contributed by atoms with Gasteiger partial charge in [0.2, 0.25) is 0 Å². The van der Waals surface area contributed by atoms with E-state index in [9.17, 15) is 19.3 Å². The highest BCUT2D eigenvalue weighted by Crippen LogP contribution is 2.21. The number of carbonyl (C=O) groups is 1. The molecule has 2 rings (SSSR count). The molecule has 1 heterocycles. The van der Waals surface area contributed by atoms with Gasteiger partial charge in [0.25, 0.3) is 12.2 Å². The summed E-state index contributed by atoms with van der Waals surface area (Å²) in [5, 5.41) is 13.4. The highest BCUT2D eigenvalue weighted by Gasteiger charge is 2.26. The standard InChI is InChI=1S/C11H13FN2O3.C5H10O2/c12-10-7-13-6-5-11(10)17-9-3-1-8(2-4-9)14(15)16;1-5(2,3)7-4-6/h1-4,10-11,13H,5-7H2;4H,1-3H3. The van der Waals surface area contributed by atoms with E-state index in [-0.39, 0.29) is 17.8 Å². The normalized spacial score (nSPS) is 20.3. The molecule has 24 heavy (non-hydrogen) atoms. The molecule has 1 aliphatic rings. The summed E-state index contributed by atoms with van der Waals surface area (Å²) in [6.45, 7) is 6.93. The van der Waals surface area contributed by atoms with Crippen LogP contribution in [0.3, 0.4) is 0 Å². The molecule has 8 heteroatoms. The maximum atomic E-state index is 13.4. The van der Waals surface area contributed by atoms with Gasteiger partial charge in [-0.3, -0.25) is 14.9 Å². The van der Waals surface area contributed by atoms with Crippen molar-refractivity contribution in [3.8, 4) is 5.75 Å². The van der Waals surface area contributed by atoms with Crippen molar-refractivity contribution < 1.29 is 23.6 Å². The lowest BCUT2D eigenvalue weighted by atomic mass is 10.1. The van der Waals surface area contributed by atoms with Crippen LogP contribution in [0.4, 0.5) is 10.1 Å². The first-order valence-electron chi connectivity index (χ1n) is 7.60. The fraction of sp³-hybridized carbons (Fsp3) is 0.562. The molecule has 0 amide bonds. The number of hydrogen-bond donors (Lipinski definition) is 1. The topological polar surface area (TPSA) is 90.7 Å². The van der Waals surface area contributed by atoms with Crippen LogP contribution in [0.1, 0.15) is 27.2 Å². The third-order valence-electron chi connectivity index (χ3n) is 3.09. The fourth-order valence-electron chi connectivity index (χ4n) is 1.89. The third-order valence-corrected chi connectivity index (χ3v) is 3.09. The Morgan fingerprint density at radius 3 is 2.38 bits per heavy atom. The van der Waals surface area contributed by atoms with Crippen molar-refractivity contribution in [2.75, 3.05) is 13.1 Å². The Kier molecular flexibility index (Phi) is 7.57. The van der Waals surface area contributed by atoms with E-state index in [1.54, 1.807) is 0 Å². The van der Waals surface area contributed by atoms with Crippen LogP contribution in [0.25, 0.3) is 0 Å². The lowest BCUT2D eigenvalue weighted by molar-refractivity contribution is -0.384. The summed E-state index contributed by atoms with van der Waals surface area (Å²) < 4.78 is 23.5.